The predicted molar refractivity (Wildman–Crippen MR) is 96.8 cm³/mol. The van der Waals surface area contributed by atoms with Gasteiger partial charge in [-0.3, -0.25) is 9.59 Å². The zero-order valence-electron chi connectivity index (χ0n) is 13.5. The summed E-state index contributed by atoms with van der Waals surface area (Å²) in [5.41, 5.74) is 2.32. The van der Waals surface area contributed by atoms with E-state index in [2.05, 4.69) is 21.2 Å². The number of hydrogen-bond donors (Lipinski definition) is 1. The van der Waals surface area contributed by atoms with Crippen molar-refractivity contribution < 1.29 is 9.59 Å². The second kappa shape index (κ2) is 6.65. The molecule has 5 nitrogen and oxygen atoms in total. The van der Waals surface area contributed by atoms with Crippen LogP contribution in [0.5, 0.6) is 0 Å². The third kappa shape index (κ3) is 2.89. The van der Waals surface area contributed by atoms with Crippen LogP contribution < -0.4 is 10.2 Å². The molecule has 0 aliphatic carbocycles. The van der Waals surface area contributed by atoms with Crippen LogP contribution in [0.3, 0.4) is 0 Å². The smallest absolute Gasteiger partial charge is 0.257 e. The minimum Gasteiger partial charge on any atom is -0.358 e. The molecule has 3 rings (SSSR count). The summed E-state index contributed by atoms with van der Waals surface area (Å²) in [6.07, 6.45) is -0.345. The Morgan fingerprint density at radius 3 is 2.67 bits per heavy atom. The van der Waals surface area contributed by atoms with Crippen molar-refractivity contribution in [3.8, 4) is 0 Å². The van der Waals surface area contributed by atoms with E-state index in [-0.39, 0.29) is 24.5 Å². The molecule has 6 heteroatoms. The molecule has 2 aromatic carbocycles. The Hall–Kier alpha value is -2.34. The molecule has 1 atom stereocenters. The number of anilines is 1. The normalized spacial score (nSPS) is 16.8. The van der Waals surface area contributed by atoms with Crippen LogP contribution in [-0.4, -0.2) is 37.4 Å². The van der Waals surface area contributed by atoms with Crippen LogP contribution in [0.25, 0.3) is 0 Å². The van der Waals surface area contributed by atoms with E-state index in [1.54, 1.807) is 25.1 Å². The zero-order valence-corrected chi connectivity index (χ0v) is 15.1. The number of nitrogens with one attached hydrogen (secondary N) is 1. The van der Waals surface area contributed by atoms with Gasteiger partial charge in [-0.15, -0.1) is 0 Å². The molecule has 24 heavy (non-hydrogen) atoms. The SMILES string of the molecule is CNC(=O)CN1c2ccccc2C(=O)N(C)C1c1cccc(Br)c1. The van der Waals surface area contributed by atoms with E-state index >= 15 is 0 Å². The van der Waals surface area contributed by atoms with Gasteiger partial charge in [-0.05, 0) is 29.8 Å². The summed E-state index contributed by atoms with van der Waals surface area (Å²) in [5, 5.41) is 2.66. The highest BCUT2D eigenvalue weighted by atomic mass is 79.9. The van der Waals surface area contributed by atoms with E-state index in [1.807, 2.05) is 47.4 Å². The van der Waals surface area contributed by atoms with Crippen molar-refractivity contribution in [2.45, 2.75) is 6.17 Å². The van der Waals surface area contributed by atoms with Crippen LogP contribution in [0, 0.1) is 0 Å². The number of rotatable bonds is 3. The van der Waals surface area contributed by atoms with E-state index in [0.717, 1.165) is 15.7 Å². The van der Waals surface area contributed by atoms with Gasteiger partial charge in [0.15, 0.2) is 0 Å². The zero-order chi connectivity index (χ0) is 17.3. The number of carbonyl (C=O) groups is 2. The molecule has 0 spiro atoms. The van der Waals surface area contributed by atoms with Crippen molar-refractivity contribution >= 4 is 33.4 Å². The standard InChI is InChI=1S/C18H18BrN3O2/c1-20-16(23)11-22-15-9-4-3-8-14(15)18(24)21(2)17(22)12-6-5-7-13(19)10-12/h3-10,17H,11H2,1-2H3,(H,20,23). The molecular formula is C18H18BrN3O2. The maximum Gasteiger partial charge on any atom is 0.257 e. The van der Waals surface area contributed by atoms with Crippen LogP contribution >= 0.6 is 15.9 Å². The molecule has 1 unspecified atom stereocenters. The second-order valence-corrected chi connectivity index (χ2v) is 6.58. The maximum atomic E-state index is 12.8. The number of amides is 2. The van der Waals surface area contributed by atoms with E-state index in [4.69, 9.17) is 0 Å². The van der Waals surface area contributed by atoms with Crippen LogP contribution in [0.15, 0.2) is 53.0 Å². The highest BCUT2D eigenvalue weighted by Crippen LogP contribution is 2.38. The van der Waals surface area contributed by atoms with Gasteiger partial charge >= 0.3 is 0 Å². The van der Waals surface area contributed by atoms with Crippen molar-refractivity contribution in [3.05, 3.63) is 64.1 Å². The average molecular weight is 388 g/mol. The largest absolute Gasteiger partial charge is 0.358 e. The highest BCUT2D eigenvalue weighted by molar-refractivity contribution is 9.10. The molecule has 0 saturated heterocycles. The summed E-state index contributed by atoms with van der Waals surface area (Å²) in [4.78, 5) is 28.5. The minimum atomic E-state index is -0.345. The Morgan fingerprint density at radius 2 is 1.96 bits per heavy atom. The molecule has 0 bridgehead atoms. The predicted octanol–water partition coefficient (Wildman–Crippen LogP) is 2.79. The van der Waals surface area contributed by atoms with Crippen molar-refractivity contribution in [3.63, 3.8) is 0 Å². The van der Waals surface area contributed by atoms with E-state index in [0.29, 0.717) is 5.56 Å². The van der Waals surface area contributed by atoms with Crippen LogP contribution in [-0.2, 0) is 4.79 Å². The fourth-order valence-corrected chi connectivity index (χ4v) is 3.44. The van der Waals surface area contributed by atoms with E-state index < -0.39 is 0 Å². The monoisotopic (exact) mass is 387 g/mol. The molecule has 0 saturated carbocycles. The number of benzene rings is 2. The highest BCUT2D eigenvalue weighted by Gasteiger charge is 2.37. The van der Waals surface area contributed by atoms with Gasteiger partial charge in [0.05, 0.1) is 17.8 Å². The van der Waals surface area contributed by atoms with Crippen molar-refractivity contribution in [2.24, 2.45) is 0 Å². The van der Waals surface area contributed by atoms with Gasteiger partial charge < -0.3 is 15.1 Å². The number of hydrogen-bond acceptors (Lipinski definition) is 3. The lowest BCUT2D eigenvalue weighted by molar-refractivity contribution is -0.119. The third-order valence-corrected chi connectivity index (χ3v) is 4.66. The molecular weight excluding hydrogens is 370 g/mol. The van der Waals surface area contributed by atoms with Gasteiger partial charge in [0.25, 0.3) is 5.91 Å². The fraction of sp³-hybridized carbons (Fsp3) is 0.222. The Labute approximate surface area is 149 Å². The molecule has 1 N–H and O–H groups in total. The number of nitrogens with zero attached hydrogens (tertiary/aromatic N) is 2. The Balaban J connectivity index is 2.14. The van der Waals surface area contributed by atoms with Crippen molar-refractivity contribution in [1.29, 1.82) is 0 Å². The third-order valence-electron chi connectivity index (χ3n) is 4.17. The van der Waals surface area contributed by atoms with Gasteiger partial charge in [0, 0.05) is 18.6 Å². The first-order valence-corrected chi connectivity index (χ1v) is 8.41. The number of fused-ring (bicyclic) bond motifs is 1. The van der Waals surface area contributed by atoms with Crippen molar-refractivity contribution in [1.82, 2.24) is 10.2 Å². The summed E-state index contributed by atoms with van der Waals surface area (Å²) in [7, 11) is 3.38. The number of para-hydroxylation sites is 1. The second-order valence-electron chi connectivity index (χ2n) is 5.66. The van der Waals surface area contributed by atoms with Crippen LogP contribution in [0.4, 0.5) is 5.69 Å². The molecule has 1 aliphatic rings. The van der Waals surface area contributed by atoms with Crippen LogP contribution in [0.2, 0.25) is 0 Å². The Kier molecular flexibility index (Phi) is 4.57. The van der Waals surface area contributed by atoms with Gasteiger partial charge in [0.2, 0.25) is 5.91 Å². The fourth-order valence-electron chi connectivity index (χ4n) is 3.02. The number of likely N-dealkylation sites (N-methyl/N-ethyl adjacent to an activating group) is 1. The van der Waals surface area contributed by atoms with E-state index in [9.17, 15) is 9.59 Å². The summed E-state index contributed by atoms with van der Waals surface area (Å²) < 4.78 is 0.930. The minimum absolute atomic E-state index is 0.0521. The van der Waals surface area contributed by atoms with Gasteiger partial charge in [0.1, 0.15) is 6.17 Å². The Bertz CT molecular complexity index is 793. The summed E-state index contributed by atoms with van der Waals surface area (Å²) in [6.45, 7) is 0.169. The van der Waals surface area contributed by atoms with Crippen molar-refractivity contribution in [2.75, 3.05) is 25.5 Å². The van der Waals surface area contributed by atoms with Gasteiger partial charge in [-0.25, -0.2) is 0 Å². The first-order valence-electron chi connectivity index (χ1n) is 7.62. The lowest BCUT2D eigenvalue weighted by atomic mass is 10.0. The van der Waals surface area contributed by atoms with Gasteiger partial charge in [-0.2, -0.15) is 0 Å². The molecule has 1 aliphatic heterocycles. The molecule has 124 valence electrons. The summed E-state index contributed by atoms with van der Waals surface area (Å²) >= 11 is 3.48. The van der Waals surface area contributed by atoms with E-state index in [1.165, 1.54) is 0 Å². The van der Waals surface area contributed by atoms with Crippen LogP contribution in [0.1, 0.15) is 22.1 Å². The quantitative estimate of drug-likeness (QED) is 0.880. The average Bonchev–Trinajstić information content (AvgIpc) is 2.59. The Morgan fingerprint density at radius 1 is 1.21 bits per heavy atom. The number of carbonyl (C=O) groups excluding carboxylic acids is 2. The topological polar surface area (TPSA) is 52.7 Å². The summed E-state index contributed by atoms with van der Waals surface area (Å²) in [5.74, 6) is -0.156. The molecule has 0 aromatic heterocycles. The lowest BCUT2D eigenvalue weighted by Crippen LogP contribution is -2.50. The lowest BCUT2D eigenvalue weighted by Gasteiger charge is -2.44. The maximum absolute atomic E-state index is 12.8. The first kappa shape index (κ1) is 16.5. The molecule has 2 amide bonds. The first-order chi connectivity index (χ1) is 11.5. The number of halogens is 1. The van der Waals surface area contributed by atoms with Gasteiger partial charge in [-0.1, -0.05) is 40.2 Å². The molecule has 0 fully saturated rings. The molecule has 2 aromatic rings. The molecule has 1 heterocycles. The molecule has 0 radical (unpaired) electrons. The summed E-state index contributed by atoms with van der Waals surface area (Å²) in [6, 6.07) is 15.2.